The molecule has 1 aliphatic heterocycles. The van der Waals surface area contributed by atoms with Gasteiger partial charge in [0.25, 0.3) is 0 Å². The Balaban J connectivity index is 2.25. The Morgan fingerprint density at radius 2 is 2.38 bits per heavy atom. The fourth-order valence-electron chi connectivity index (χ4n) is 1.53. The maximum absolute atomic E-state index is 11.6. The zero-order valence-corrected chi connectivity index (χ0v) is 9.27. The summed E-state index contributed by atoms with van der Waals surface area (Å²) in [5, 5.41) is 11.3. The molecule has 0 spiro atoms. The lowest BCUT2D eigenvalue weighted by Gasteiger charge is -2.15. The zero-order chi connectivity index (χ0) is 12.0. The molecule has 0 aromatic rings. The average Bonchev–Trinajstić information content (AvgIpc) is 2.76. The van der Waals surface area contributed by atoms with E-state index in [0.717, 1.165) is 6.42 Å². The number of carbonyl (C=O) groups excluding carboxylic acids is 1. The van der Waals surface area contributed by atoms with Gasteiger partial charge >= 0.3 is 5.97 Å². The molecular weight excluding hydrogens is 214 g/mol. The van der Waals surface area contributed by atoms with E-state index in [2.05, 4.69) is 5.32 Å². The van der Waals surface area contributed by atoms with Gasteiger partial charge in [-0.1, -0.05) is 0 Å². The molecule has 6 nitrogen and oxygen atoms in total. The van der Waals surface area contributed by atoms with Gasteiger partial charge in [0.2, 0.25) is 5.91 Å². The number of carboxylic acid groups (broad SMARTS) is 1. The first-order chi connectivity index (χ1) is 7.63. The third-order valence-electron chi connectivity index (χ3n) is 2.54. The van der Waals surface area contributed by atoms with Gasteiger partial charge in [-0.05, 0) is 6.42 Å². The summed E-state index contributed by atoms with van der Waals surface area (Å²) in [5.74, 6) is -1.14. The van der Waals surface area contributed by atoms with E-state index in [-0.39, 0.29) is 24.8 Å². The van der Waals surface area contributed by atoms with Gasteiger partial charge in [0.1, 0.15) is 0 Å². The molecule has 0 bridgehead atoms. The Hall–Kier alpha value is -1.14. The third-order valence-corrected chi connectivity index (χ3v) is 2.54. The quantitative estimate of drug-likeness (QED) is 0.651. The van der Waals surface area contributed by atoms with Gasteiger partial charge in [-0.3, -0.25) is 9.59 Å². The van der Waals surface area contributed by atoms with Crippen molar-refractivity contribution in [3.63, 3.8) is 0 Å². The van der Waals surface area contributed by atoms with Crippen LogP contribution in [0.25, 0.3) is 0 Å². The van der Waals surface area contributed by atoms with Crippen LogP contribution in [0.3, 0.4) is 0 Å². The summed E-state index contributed by atoms with van der Waals surface area (Å²) in [7, 11) is 1.43. The molecule has 1 rings (SSSR count). The number of ether oxygens (including phenoxy) is 2. The second-order valence-corrected chi connectivity index (χ2v) is 3.76. The molecule has 0 aliphatic carbocycles. The molecular formula is C10H17NO5. The minimum atomic E-state index is -0.940. The van der Waals surface area contributed by atoms with Gasteiger partial charge in [0.15, 0.2) is 0 Å². The fraction of sp³-hybridized carbons (Fsp3) is 0.800. The van der Waals surface area contributed by atoms with Crippen LogP contribution < -0.4 is 5.32 Å². The van der Waals surface area contributed by atoms with Gasteiger partial charge in [-0.25, -0.2) is 0 Å². The molecule has 2 N–H and O–H groups in total. The minimum absolute atomic E-state index is 0.0926. The summed E-state index contributed by atoms with van der Waals surface area (Å²) in [5.41, 5.74) is 0. The molecule has 1 heterocycles. The first-order valence-corrected chi connectivity index (χ1v) is 5.23. The maximum atomic E-state index is 11.6. The zero-order valence-electron chi connectivity index (χ0n) is 9.27. The molecule has 6 heteroatoms. The second-order valence-electron chi connectivity index (χ2n) is 3.76. The van der Waals surface area contributed by atoms with E-state index in [1.54, 1.807) is 0 Å². The lowest BCUT2D eigenvalue weighted by Crippen LogP contribution is -2.38. The van der Waals surface area contributed by atoms with E-state index < -0.39 is 12.1 Å². The first-order valence-electron chi connectivity index (χ1n) is 5.23. The Labute approximate surface area is 93.9 Å². The van der Waals surface area contributed by atoms with Crippen LogP contribution in [-0.4, -0.2) is 50.0 Å². The smallest absolute Gasteiger partial charge is 0.306 e. The van der Waals surface area contributed by atoms with Crippen LogP contribution in [0, 0.1) is 5.92 Å². The number of nitrogens with one attached hydrogen (secondary N) is 1. The Kier molecular flexibility index (Phi) is 5.21. The molecule has 1 amide bonds. The first kappa shape index (κ1) is 12.9. The minimum Gasteiger partial charge on any atom is -0.481 e. The van der Waals surface area contributed by atoms with Crippen molar-refractivity contribution in [1.29, 1.82) is 0 Å². The summed E-state index contributed by atoms with van der Waals surface area (Å²) < 4.78 is 10.0. The highest BCUT2D eigenvalue weighted by atomic mass is 16.5. The number of carbonyl (C=O) groups is 2. The van der Waals surface area contributed by atoms with Gasteiger partial charge in [0.05, 0.1) is 25.0 Å². The fourth-order valence-corrected chi connectivity index (χ4v) is 1.53. The average molecular weight is 231 g/mol. The van der Waals surface area contributed by atoms with Crippen LogP contribution in [0.5, 0.6) is 0 Å². The molecule has 1 fully saturated rings. The van der Waals surface area contributed by atoms with Gasteiger partial charge < -0.3 is 19.9 Å². The number of hydrogen-bond acceptors (Lipinski definition) is 4. The van der Waals surface area contributed by atoms with Crippen molar-refractivity contribution in [2.24, 2.45) is 5.92 Å². The van der Waals surface area contributed by atoms with Crippen molar-refractivity contribution < 1.29 is 24.2 Å². The van der Waals surface area contributed by atoms with Crippen LogP contribution in [0.1, 0.15) is 12.8 Å². The molecule has 0 saturated carbocycles. The van der Waals surface area contributed by atoms with Gasteiger partial charge in [0, 0.05) is 20.3 Å². The largest absolute Gasteiger partial charge is 0.481 e. The summed E-state index contributed by atoms with van der Waals surface area (Å²) in [6.45, 7) is 1.28. The molecule has 0 aromatic heterocycles. The molecule has 2 unspecified atom stereocenters. The van der Waals surface area contributed by atoms with E-state index in [4.69, 9.17) is 14.6 Å². The number of methoxy groups -OCH3 is 1. The van der Waals surface area contributed by atoms with Gasteiger partial charge in [-0.2, -0.15) is 0 Å². The second kappa shape index (κ2) is 6.44. The predicted molar refractivity (Wildman–Crippen MR) is 55.0 cm³/mol. The number of hydrogen-bond donors (Lipinski definition) is 2. The monoisotopic (exact) mass is 231 g/mol. The van der Waals surface area contributed by atoms with E-state index in [1.165, 1.54) is 7.11 Å². The molecule has 1 saturated heterocycles. The summed E-state index contributed by atoms with van der Waals surface area (Å²) in [6, 6.07) is 0. The number of rotatable bonds is 6. The lowest BCUT2D eigenvalue weighted by atomic mass is 10.1. The molecule has 0 radical (unpaired) electrons. The molecule has 2 atom stereocenters. The van der Waals surface area contributed by atoms with Gasteiger partial charge in [-0.15, -0.1) is 0 Å². The van der Waals surface area contributed by atoms with E-state index in [1.807, 2.05) is 0 Å². The maximum Gasteiger partial charge on any atom is 0.306 e. The van der Waals surface area contributed by atoms with Crippen molar-refractivity contribution in [2.45, 2.75) is 18.9 Å². The Morgan fingerprint density at radius 1 is 1.62 bits per heavy atom. The highest BCUT2D eigenvalue weighted by Crippen LogP contribution is 2.12. The van der Waals surface area contributed by atoms with Crippen molar-refractivity contribution in [3.8, 4) is 0 Å². The van der Waals surface area contributed by atoms with E-state index in [0.29, 0.717) is 13.2 Å². The molecule has 16 heavy (non-hydrogen) atoms. The van der Waals surface area contributed by atoms with Crippen molar-refractivity contribution in [1.82, 2.24) is 5.32 Å². The highest BCUT2D eigenvalue weighted by molar-refractivity contribution is 5.79. The van der Waals surface area contributed by atoms with E-state index in [9.17, 15) is 9.59 Å². The van der Waals surface area contributed by atoms with Crippen LogP contribution in [-0.2, 0) is 19.1 Å². The summed E-state index contributed by atoms with van der Waals surface area (Å²) in [4.78, 5) is 22.0. The summed E-state index contributed by atoms with van der Waals surface area (Å²) in [6.07, 6.45) is 0.129. The van der Waals surface area contributed by atoms with Crippen LogP contribution >= 0.6 is 0 Å². The van der Waals surface area contributed by atoms with Crippen molar-refractivity contribution in [2.75, 3.05) is 26.9 Å². The van der Waals surface area contributed by atoms with Crippen LogP contribution in [0.4, 0.5) is 0 Å². The number of amides is 1. The number of aliphatic carboxylic acids is 1. The normalized spacial score (nSPS) is 21.7. The van der Waals surface area contributed by atoms with Crippen LogP contribution in [0.15, 0.2) is 0 Å². The SMILES string of the molecule is COC(CNC(=O)C1CCOC1)CC(=O)O. The molecule has 92 valence electrons. The topological polar surface area (TPSA) is 84.9 Å². The lowest BCUT2D eigenvalue weighted by molar-refractivity contribution is -0.140. The Morgan fingerprint density at radius 3 is 2.88 bits per heavy atom. The van der Waals surface area contributed by atoms with Crippen LogP contribution in [0.2, 0.25) is 0 Å². The summed E-state index contributed by atoms with van der Waals surface area (Å²) >= 11 is 0. The third kappa shape index (κ3) is 4.16. The standard InChI is InChI=1S/C10H17NO5/c1-15-8(4-9(12)13)5-11-10(14)7-2-3-16-6-7/h7-8H,2-6H2,1H3,(H,11,14)(H,12,13). The number of carboxylic acids is 1. The Bertz CT molecular complexity index is 250. The molecule has 1 aliphatic rings. The van der Waals surface area contributed by atoms with Crippen molar-refractivity contribution >= 4 is 11.9 Å². The predicted octanol–water partition coefficient (Wildman–Crippen LogP) is -0.371. The highest BCUT2D eigenvalue weighted by Gasteiger charge is 2.24. The van der Waals surface area contributed by atoms with Crippen molar-refractivity contribution in [3.05, 3.63) is 0 Å². The molecule has 0 aromatic carbocycles. The van der Waals surface area contributed by atoms with E-state index >= 15 is 0 Å².